The number of carbonyl (C=O) groups excluding carboxylic acids is 1. The third kappa shape index (κ3) is 5.33. The Kier molecular flexibility index (Phi) is 8.05. The molecule has 0 radical (unpaired) electrons. The fourth-order valence-electron chi connectivity index (χ4n) is 9.62. The zero-order chi connectivity index (χ0) is 27.1. The van der Waals surface area contributed by atoms with E-state index < -0.39 is 6.16 Å². The quantitative estimate of drug-likeness (QED) is 0.204. The summed E-state index contributed by atoms with van der Waals surface area (Å²) in [5.74, 6) is 5.64. The minimum absolute atomic E-state index is 0.0692. The first kappa shape index (κ1) is 27.8. The van der Waals surface area contributed by atoms with Gasteiger partial charge in [0.1, 0.15) is 11.9 Å². The van der Waals surface area contributed by atoms with Crippen LogP contribution in [0.15, 0.2) is 35.9 Å². The van der Waals surface area contributed by atoms with Gasteiger partial charge < -0.3 is 9.47 Å². The number of fused-ring (bicyclic) bond motifs is 5. The van der Waals surface area contributed by atoms with Crippen molar-refractivity contribution in [3.8, 4) is 5.75 Å². The average Bonchev–Trinajstić information content (AvgIpc) is 3.23. The van der Waals surface area contributed by atoms with Gasteiger partial charge in [0.05, 0.1) is 0 Å². The molecule has 4 aliphatic carbocycles. The molecule has 5 rings (SSSR count). The average molecular weight is 521 g/mol. The van der Waals surface area contributed by atoms with Gasteiger partial charge in [-0.1, -0.05) is 83.2 Å². The molecule has 4 aliphatic rings. The van der Waals surface area contributed by atoms with Crippen molar-refractivity contribution in [1.29, 1.82) is 0 Å². The van der Waals surface area contributed by atoms with Crippen LogP contribution < -0.4 is 4.74 Å². The molecule has 3 nitrogen and oxygen atoms in total. The highest BCUT2D eigenvalue weighted by Gasteiger charge is 2.59. The Bertz CT molecular complexity index is 1010. The SMILES string of the molecule is Cc1ccc(OC(=O)O[C@H]2CC[C@@]3(C)C(=CC[C@H]4[C@H]5CC[C@@H]([C@@H](C)CCCC(C)C)[C@@]5(C)CC[C@@H]43)C2)cc1. The van der Waals surface area contributed by atoms with Crippen LogP contribution >= 0.6 is 0 Å². The van der Waals surface area contributed by atoms with E-state index >= 15 is 0 Å². The third-order valence-electron chi connectivity index (χ3n) is 11.7. The van der Waals surface area contributed by atoms with Gasteiger partial charge in [-0.05, 0) is 110 Å². The lowest BCUT2D eigenvalue weighted by atomic mass is 9.47. The van der Waals surface area contributed by atoms with Gasteiger partial charge in [-0.2, -0.15) is 0 Å². The molecule has 210 valence electrons. The Balaban J connectivity index is 1.21. The molecule has 1 aromatic rings. The van der Waals surface area contributed by atoms with Gasteiger partial charge in [-0.15, -0.1) is 0 Å². The Labute approximate surface area is 232 Å². The fraction of sp³-hybridized carbons (Fsp3) is 0.743. The minimum Gasteiger partial charge on any atom is -0.430 e. The number of allylic oxidation sites excluding steroid dienone is 1. The highest BCUT2D eigenvalue weighted by atomic mass is 16.7. The molecule has 3 saturated carbocycles. The van der Waals surface area contributed by atoms with Gasteiger partial charge >= 0.3 is 6.16 Å². The minimum atomic E-state index is -0.565. The molecule has 8 atom stereocenters. The molecule has 38 heavy (non-hydrogen) atoms. The number of hydrogen-bond acceptors (Lipinski definition) is 3. The lowest BCUT2D eigenvalue weighted by Gasteiger charge is -2.58. The van der Waals surface area contributed by atoms with Gasteiger partial charge in [-0.25, -0.2) is 4.79 Å². The van der Waals surface area contributed by atoms with Crippen LogP contribution in [-0.2, 0) is 4.74 Å². The molecule has 0 bridgehead atoms. The Morgan fingerprint density at radius 1 is 0.974 bits per heavy atom. The largest absolute Gasteiger partial charge is 0.514 e. The van der Waals surface area contributed by atoms with E-state index in [1.807, 2.05) is 31.2 Å². The monoisotopic (exact) mass is 520 g/mol. The van der Waals surface area contributed by atoms with E-state index in [1.165, 1.54) is 51.4 Å². The van der Waals surface area contributed by atoms with Crippen LogP contribution in [0.3, 0.4) is 0 Å². The van der Waals surface area contributed by atoms with Crippen LogP contribution in [0.25, 0.3) is 0 Å². The van der Waals surface area contributed by atoms with Gasteiger partial charge in [0.25, 0.3) is 0 Å². The summed E-state index contributed by atoms with van der Waals surface area (Å²) in [5.41, 5.74) is 3.50. The molecule has 0 spiro atoms. The van der Waals surface area contributed by atoms with Gasteiger partial charge in [-0.3, -0.25) is 0 Å². The molecule has 0 N–H and O–H groups in total. The summed E-state index contributed by atoms with van der Waals surface area (Å²) >= 11 is 0. The molecule has 0 amide bonds. The molecular weight excluding hydrogens is 468 g/mol. The van der Waals surface area contributed by atoms with Crippen molar-refractivity contribution < 1.29 is 14.3 Å². The van der Waals surface area contributed by atoms with Crippen LogP contribution in [0, 0.1) is 53.3 Å². The van der Waals surface area contributed by atoms with Crippen molar-refractivity contribution in [2.24, 2.45) is 46.3 Å². The maximum absolute atomic E-state index is 12.5. The van der Waals surface area contributed by atoms with E-state index in [0.717, 1.165) is 60.3 Å². The van der Waals surface area contributed by atoms with Crippen molar-refractivity contribution in [1.82, 2.24) is 0 Å². The molecule has 0 aliphatic heterocycles. The summed E-state index contributed by atoms with van der Waals surface area (Å²) in [7, 11) is 0. The second kappa shape index (κ2) is 11.0. The van der Waals surface area contributed by atoms with Crippen molar-refractivity contribution in [2.75, 3.05) is 0 Å². The number of ether oxygens (including phenoxy) is 2. The zero-order valence-corrected chi connectivity index (χ0v) is 24.9. The summed E-state index contributed by atoms with van der Waals surface area (Å²) in [6.07, 6.45) is 16.0. The van der Waals surface area contributed by atoms with Gasteiger partial charge in [0, 0.05) is 6.42 Å². The first-order chi connectivity index (χ1) is 18.1. The molecule has 1 aromatic carbocycles. The molecule has 3 heteroatoms. The van der Waals surface area contributed by atoms with Crippen molar-refractivity contribution >= 4 is 6.16 Å². The molecule has 0 unspecified atom stereocenters. The summed E-state index contributed by atoms with van der Waals surface area (Å²) in [4.78, 5) is 12.5. The van der Waals surface area contributed by atoms with Crippen molar-refractivity contribution in [3.05, 3.63) is 41.5 Å². The van der Waals surface area contributed by atoms with Crippen LogP contribution in [0.1, 0.15) is 111 Å². The van der Waals surface area contributed by atoms with Crippen LogP contribution in [0.5, 0.6) is 5.75 Å². The van der Waals surface area contributed by atoms with Gasteiger partial charge in [0.15, 0.2) is 0 Å². The number of aryl methyl sites for hydroxylation is 1. The van der Waals surface area contributed by atoms with E-state index in [0.29, 0.717) is 11.2 Å². The maximum atomic E-state index is 12.5. The smallest absolute Gasteiger partial charge is 0.430 e. The Morgan fingerprint density at radius 2 is 1.74 bits per heavy atom. The second-order valence-corrected chi connectivity index (χ2v) is 14.4. The topological polar surface area (TPSA) is 35.5 Å². The van der Waals surface area contributed by atoms with Crippen LogP contribution in [0.4, 0.5) is 4.79 Å². The first-order valence-electron chi connectivity index (χ1n) is 15.7. The normalized spacial score (nSPS) is 37.0. The van der Waals surface area contributed by atoms with Crippen LogP contribution in [0.2, 0.25) is 0 Å². The van der Waals surface area contributed by atoms with Crippen molar-refractivity contribution in [2.45, 2.75) is 118 Å². The standard InChI is InChI=1S/C35H52O3/c1-23(2)8-7-9-25(4)30-16-17-31-29-15-12-26-22-28(38-33(36)37-27-13-10-24(3)11-14-27)18-20-34(26,5)32(29)19-21-35(30,31)6/h10-14,23,25,28-32H,7-9,15-22H2,1-6H3/t25-,28-,29-,30-,31+,32-,34-,35+/m0/s1. The second-order valence-electron chi connectivity index (χ2n) is 14.4. The molecule has 0 aromatic heterocycles. The number of benzene rings is 1. The Hall–Kier alpha value is -1.77. The van der Waals surface area contributed by atoms with Gasteiger partial charge in [0.2, 0.25) is 0 Å². The third-order valence-corrected chi connectivity index (χ3v) is 11.7. The van der Waals surface area contributed by atoms with E-state index in [9.17, 15) is 4.79 Å². The summed E-state index contributed by atoms with van der Waals surface area (Å²) in [5, 5.41) is 0. The Morgan fingerprint density at radius 3 is 2.47 bits per heavy atom. The van der Waals surface area contributed by atoms with E-state index in [2.05, 4.69) is 40.7 Å². The van der Waals surface area contributed by atoms with E-state index in [-0.39, 0.29) is 11.5 Å². The number of carbonyl (C=O) groups is 1. The number of hydrogen-bond donors (Lipinski definition) is 0. The first-order valence-corrected chi connectivity index (χ1v) is 15.7. The predicted molar refractivity (Wildman–Crippen MR) is 155 cm³/mol. The molecular formula is C35H52O3. The fourth-order valence-corrected chi connectivity index (χ4v) is 9.62. The summed E-state index contributed by atoms with van der Waals surface area (Å²) in [6, 6.07) is 7.56. The predicted octanol–water partition coefficient (Wildman–Crippen LogP) is 9.92. The molecule has 0 heterocycles. The molecule has 0 saturated heterocycles. The zero-order valence-electron chi connectivity index (χ0n) is 24.9. The van der Waals surface area contributed by atoms with Crippen molar-refractivity contribution in [3.63, 3.8) is 0 Å². The highest BCUT2D eigenvalue weighted by molar-refractivity contribution is 5.64. The summed E-state index contributed by atoms with van der Waals surface area (Å²) < 4.78 is 11.3. The molecule has 3 fully saturated rings. The van der Waals surface area contributed by atoms with E-state index in [1.54, 1.807) is 5.57 Å². The lowest BCUT2D eigenvalue weighted by molar-refractivity contribution is -0.0597. The number of rotatable bonds is 7. The van der Waals surface area contributed by atoms with Crippen LogP contribution in [-0.4, -0.2) is 12.3 Å². The maximum Gasteiger partial charge on any atom is 0.514 e. The lowest BCUT2D eigenvalue weighted by Crippen LogP contribution is -2.51. The van der Waals surface area contributed by atoms with E-state index in [4.69, 9.17) is 9.47 Å². The summed E-state index contributed by atoms with van der Waals surface area (Å²) in [6.45, 7) is 14.5. The highest BCUT2D eigenvalue weighted by Crippen LogP contribution is 2.67.